The van der Waals surface area contributed by atoms with E-state index in [9.17, 15) is 9.59 Å². The topological polar surface area (TPSA) is 92.5 Å². The van der Waals surface area contributed by atoms with Crippen molar-refractivity contribution in [2.75, 3.05) is 13.7 Å². The van der Waals surface area contributed by atoms with Crippen LogP contribution in [-0.4, -0.2) is 46.8 Å². The first-order valence-corrected chi connectivity index (χ1v) is 8.80. The van der Waals surface area contributed by atoms with E-state index in [4.69, 9.17) is 14.2 Å². The third-order valence-corrected chi connectivity index (χ3v) is 4.31. The van der Waals surface area contributed by atoms with Crippen LogP contribution in [0.4, 0.5) is 0 Å². The molecule has 140 valence electrons. The van der Waals surface area contributed by atoms with Gasteiger partial charge in [-0.1, -0.05) is 5.21 Å². The number of hydrogen-bond donors (Lipinski definition) is 0. The first-order valence-electron chi connectivity index (χ1n) is 8.80. The molecule has 0 bridgehead atoms. The fraction of sp³-hybridized carbons (Fsp3) is 0.765. The molecule has 1 aliphatic rings. The monoisotopic (exact) mass is 353 g/mol. The van der Waals surface area contributed by atoms with E-state index >= 15 is 0 Å². The molecule has 1 saturated carbocycles. The van der Waals surface area contributed by atoms with Crippen LogP contribution in [0.3, 0.4) is 0 Å². The first kappa shape index (κ1) is 19.4. The fourth-order valence-electron chi connectivity index (χ4n) is 2.96. The molecule has 1 fully saturated rings. The molecule has 2 atom stereocenters. The second kappa shape index (κ2) is 10.1. The second-order valence-electron chi connectivity index (χ2n) is 6.34. The molecule has 0 N–H and O–H groups in total. The molecule has 1 aromatic rings. The number of methoxy groups -OCH3 is 1. The second-order valence-corrected chi connectivity index (χ2v) is 6.34. The number of esters is 2. The Morgan fingerprint density at radius 1 is 1.28 bits per heavy atom. The van der Waals surface area contributed by atoms with Crippen molar-refractivity contribution in [1.82, 2.24) is 15.0 Å². The molecule has 1 aliphatic carbocycles. The summed E-state index contributed by atoms with van der Waals surface area (Å²) in [5.74, 6) is -0.426. The van der Waals surface area contributed by atoms with E-state index in [1.54, 1.807) is 4.68 Å². The third-order valence-electron chi connectivity index (χ3n) is 4.31. The molecule has 0 saturated heterocycles. The predicted molar refractivity (Wildman–Crippen MR) is 88.4 cm³/mol. The summed E-state index contributed by atoms with van der Waals surface area (Å²) >= 11 is 0. The van der Waals surface area contributed by atoms with Crippen LogP contribution in [0.15, 0.2) is 6.20 Å². The zero-order chi connectivity index (χ0) is 18.1. The number of carbonyl (C=O) groups excluding carboxylic acids is 2. The van der Waals surface area contributed by atoms with Gasteiger partial charge in [0.15, 0.2) is 0 Å². The van der Waals surface area contributed by atoms with E-state index in [-0.39, 0.29) is 24.0 Å². The lowest BCUT2D eigenvalue weighted by Crippen LogP contribution is -2.15. The summed E-state index contributed by atoms with van der Waals surface area (Å²) in [7, 11) is 1.42. The van der Waals surface area contributed by atoms with Crippen LogP contribution in [0.5, 0.6) is 0 Å². The Kier molecular flexibility index (Phi) is 7.84. The van der Waals surface area contributed by atoms with Crippen molar-refractivity contribution in [3.05, 3.63) is 11.9 Å². The van der Waals surface area contributed by atoms with E-state index < -0.39 is 0 Å². The smallest absolute Gasteiger partial charge is 0.308 e. The van der Waals surface area contributed by atoms with E-state index in [0.29, 0.717) is 19.6 Å². The highest BCUT2D eigenvalue weighted by atomic mass is 16.5. The van der Waals surface area contributed by atoms with Crippen molar-refractivity contribution in [2.24, 2.45) is 5.92 Å². The summed E-state index contributed by atoms with van der Waals surface area (Å²) < 4.78 is 17.3. The van der Waals surface area contributed by atoms with Gasteiger partial charge in [0.1, 0.15) is 5.69 Å². The largest absolute Gasteiger partial charge is 0.469 e. The Bertz CT molecular complexity index is 560. The Hall–Kier alpha value is -1.96. The number of carbonyl (C=O) groups is 2. The van der Waals surface area contributed by atoms with Crippen molar-refractivity contribution < 1.29 is 23.8 Å². The van der Waals surface area contributed by atoms with Gasteiger partial charge in [-0.3, -0.25) is 14.3 Å². The molecular weight excluding hydrogens is 326 g/mol. The number of nitrogens with zero attached hydrogens (tertiary/aromatic N) is 3. The van der Waals surface area contributed by atoms with Crippen LogP contribution in [0.2, 0.25) is 0 Å². The molecule has 1 unspecified atom stereocenters. The van der Waals surface area contributed by atoms with Gasteiger partial charge >= 0.3 is 11.9 Å². The van der Waals surface area contributed by atoms with E-state index in [2.05, 4.69) is 10.3 Å². The minimum absolute atomic E-state index is 0.0438. The molecule has 0 aromatic carbocycles. The molecular formula is C17H27N3O5. The molecule has 2 rings (SSSR count). The number of unbranched alkanes of at least 4 members (excludes halogenated alkanes) is 2. The summed E-state index contributed by atoms with van der Waals surface area (Å²) in [5, 5.41) is 8.20. The Balaban J connectivity index is 1.60. The van der Waals surface area contributed by atoms with Crippen molar-refractivity contribution in [2.45, 2.75) is 64.7 Å². The lowest BCUT2D eigenvalue weighted by atomic mass is 10.1. The molecule has 1 heterocycles. The number of ether oxygens (including phenoxy) is 3. The maximum absolute atomic E-state index is 11.5. The lowest BCUT2D eigenvalue weighted by Gasteiger charge is -2.10. The van der Waals surface area contributed by atoms with Gasteiger partial charge in [-0.05, 0) is 38.5 Å². The zero-order valence-corrected chi connectivity index (χ0v) is 15.0. The average molecular weight is 353 g/mol. The minimum atomic E-state index is -0.235. The SMILES string of the molecule is COC(=O)C1CC[C@H](OCc2cn(CCCCCOC(C)=O)nn2)C1. The highest BCUT2D eigenvalue weighted by Crippen LogP contribution is 2.29. The molecule has 0 spiro atoms. The molecule has 0 aliphatic heterocycles. The van der Waals surface area contributed by atoms with Crippen molar-refractivity contribution in [3.63, 3.8) is 0 Å². The number of hydrogen-bond acceptors (Lipinski definition) is 7. The summed E-state index contributed by atoms with van der Waals surface area (Å²) in [5.41, 5.74) is 0.793. The zero-order valence-electron chi connectivity index (χ0n) is 15.0. The third kappa shape index (κ3) is 6.81. The normalized spacial score (nSPS) is 19.8. The molecule has 25 heavy (non-hydrogen) atoms. The minimum Gasteiger partial charge on any atom is -0.469 e. The summed E-state index contributed by atoms with van der Waals surface area (Å²) in [6.07, 6.45) is 7.14. The van der Waals surface area contributed by atoms with Crippen LogP contribution in [0, 0.1) is 5.92 Å². The molecule has 0 radical (unpaired) electrons. The van der Waals surface area contributed by atoms with Crippen LogP contribution >= 0.6 is 0 Å². The van der Waals surface area contributed by atoms with Crippen molar-refractivity contribution >= 4 is 11.9 Å². The standard InChI is InChI=1S/C17H27N3O5/c1-13(21)24-9-5-3-4-8-20-11-15(18-19-20)12-25-16-7-6-14(10-16)17(22)23-2/h11,14,16H,3-10,12H2,1-2H3/t14?,16-/m0/s1. The van der Waals surface area contributed by atoms with Gasteiger partial charge in [0, 0.05) is 13.5 Å². The fourth-order valence-corrected chi connectivity index (χ4v) is 2.96. The molecule has 8 heteroatoms. The van der Waals surface area contributed by atoms with Gasteiger partial charge in [-0.2, -0.15) is 0 Å². The molecule has 0 amide bonds. The maximum Gasteiger partial charge on any atom is 0.308 e. The predicted octanol–water partition coefficient (Wildman–Crippen LogP) is 1.87. The van der Waals surface area contributed by atoms with Gasteiger partial charge < -0.3 is 14.2 Å². The van der Waals surface area contributed by atoms with Gasteiger partial charge in [0.05, 0.1) is 38.5 Å². The van der Waals surface area contributed by atoms with Gasteiger partial charge in [0.25, 0.3) is 0 Å². The quantitative estimate of drug-likeness (QED) is 0.468. The van der Waals surface area contributed by atoms with Crippen LogP contribution in [0.1, 0.15) is 51.1 Å². The average Bonchev–Trinajstić information content (AvgIpc) is 3.24. The number of aryl methyl sites for hydroxylation is 1. The Labute approximate surface area is 147 Å². The van der Waals surface area contributed by atoms with Gasteiger partial charge in [-0.25, -0.2) is 0 Å². The van der Waals surface area contributed by atoms with Crippen LogP contribution < -0.4 is 0 Å². The number of aromatic nitrogens is 3. The Morgan fingerprint density at radius 3 is 2.88 bits per heavy atom. The van der Waals surface area contributed by atoms with Gasteiger partial charge in [-0.15, -0.1) is 5.10 Å². The van der Waals surface area contributed by atoms with E-state index in [1.165, 1.54) is 14.0 Å². The highest BCUT2D eigenvalue weighted by molar-refractivity contribution is 5.72. The molecule has 1 aromatic heterocycles. The molecule has 8 nitrogen and oxygen atoms in total. The van der Waals surface area contributed by atoms with Crippen molar-refractivity contribution in [3.8, 4) is 0 Å². The van der Waals surface area contributed by atoms with Gasteiger partial charge in [0.2, 0.25) is 0 Å². The maximum atomic E-state index is 11.5. The summed E-state index contributed by atoms with van der Waals surface area (Å²) in [6, 6.07) is 0. The lowest BCUT2D eigenvalue weighted by molar-refractivity contribution is -0.145. The summed E-state index contributed by atoms with van der Waals surface area (Å²) in [4.78, 5) is 22.2. The Morgan fingerprint density at radius 2 is 2.12 bits per heavy atom. The van der Waals surface area contributed by atoms with Crippen molar-refractivity contribution in [1.29, 1.82) is 0 Å². The van der Waals surface area contributed by atoms with Crippen LogP contribution in [-0.2, 0) is 37.0 Å². The summed E-state index contributed by atoms with van der Waals surface area (Å²) in [6.45, 7) is 3.08. The van der Waals surface area contributed by atoms with E-state index in [0.717, 1.165) is 44.3 Å². The number of rotatable bonds is 10. The van der Waals surface area contributed by atoms with Crippen LogP contribution in [0.25, 0.3) is 0 Å². The highest BCUT2D eigenvalue weighted by Gasteiger charge is 2.31. The first-order chi connectivity index (χ1) is 12.1. The van der Waals surface area contributed by atoms with E-state index in [1.807, 2.05) is 6.20 Å².